The molecule has 0 fully saturated rings. The van der Waals surface area contributed by atoms with E-state index in [1.165, 1.54) is 24.3 Å². The summed E-state index contributed by atoms with van der Waals surface area (Å²) in [6, 6.07) is 7.36. The molecule has 138 valence electrons. The molecule has 0 radical (unpaired) electrons. The Bertz CT molecular complexity index is 849. The number of rotatable bonds is 5. The van der Waals surface area contributed by atoms with Crippen molar-refractivity contribution in [2.75, 3.05) is 17.7 Å². The van der Waals surface area contributed by atoms with Crippen LogP contribution in [0.3, 0.4) is 0 Å². The molecular formula is C17H18F2N3O2PS. The highest BCUT2D eigenvalue weighted by Gasteiger charge is 2.19. The van der Waals surface area contributed by atoms with Gasteiger partial charge in [0.1, 0.15) is 5.82 Å². The molecule has 0 spiro atoms. The van der Waals surface area contributed by atoms with Crippen molar-refractivity contribution < 1.29 is 18.6 Å². The molecular weight excluding hydrogens is 379 g/mol. The van der Waals surface area contributed by atoms with Crippen LogP contribution in [0.5, 0.6) is 0 Å². The maximum atomic E-state index is 14.6. The summed E-state index contributed by atoms with van der Waals surface area (Å²) in [6.07, 6.45) is 0. The third-order valence-corrected chi connectivity index (χ3v) is 4.50. The van der Waals surface area contributed by atoms with E-state index in [0.717, 1.165) is 17.3 Å². The van der Waals surface area contributed by atoms with Crippen molar-refractivity contribution in [3.63, 3.8) is 0 Å². The van der Waals surface area contributed by atoms with Gasteiger partial charge in [0.05, 0.1) is 23.5 Å². The van der Waals surface area contributed by atoms with Gasteiger partial charge in [0.2, 0.25) is 11.1 Å². The second-order valence-corrected chi connectivity index (χ2v) is 6.98. The number of thioether (sulfide) groups is 1. The monoisotopic (exact) mass is 397 g/mol. The highest BCUT2D eigenvalue weighted by atomic mass is 32.2. The molecule has 0 aliphatic carbocycles. The van der Waals surface area contributed by atoms with Crippen molar-refractivity contribution in [1.82, 2.24) is 0 Å². The van der Waals surface area contributed by atoms with E-state index in [1.807, 2.05) is 0 Å². The van der Waals surface area contributed by atoms with Gasteiger partial charge in [-0.15, -0.1) is 9.24 Å². The zero-order valence-corrected chi connectivity index (χ0v) is 15.9. The van der Waals surface area contributed by atoms with E-state index < -0.39 is 17.5 Å². The fraction of sp³-hybridized carbons (Fsp3) is 0.176. The van der Waals surface area contributed by atoms with E-state index in [-0.39, 0.29) is 39.8 Å². The number of aliphatic hydroxyl groups excluding tert-OH is 1. The minimum absolute atomic E-state index is 0.0445. The molecule has 9 heteroatoms. The quantitative estimate of drug-likeness (QED) is 0.353. The predicted molar refractivity (Wildman–Crippen MR) is 105 cm³/mol. The van der Waals surface area contributed by atoms with E-state index in [0.29, 0.717) is 0 Å². The Hall–Kier alpha value is -2.02. The Balaban J connectivity index is 2.34. The summed E-state index contributed by atoms with van der Waals surface area (Å²) in [4.78, 5) is 0. The Labute approximate surface area is 156 Å². The van der Waals surface area contributed by atoms with Crippen LogP contribution in [-0.4, -0.2) is 28.6 Å². The van der Waals surface area contributed by atoms with Gasteiger partial charge in [-0.05, 0) is 30.7 Å². The molecule has 5 nitrogen and oxygen atoms in total. The number of anilines is 2. The maximum absolute atomic E-state index is 14.6. The van der Waals surface area contributed by atoms with Crippen molar-refractivity contribution in [2.24, 2.45) is 0 Å². The van der Waals surface area contributed by atoms with Gasteiger partial charge in [-0.3, -0.25) is 10.8 Å². The highest BCUT2D eigenvalue weighted by molar-refractivity contribution is 8.13. The number of benzene rings is 2. The van der Waals surface area contributed by atoms with Gasteiger partial charge in [-0.1, -0.05) is 23.9 Å². The standard InChI is InChI=1S/C17H18F2N3O2PS/c1-9-2-4-12(11(18)8-9)22-15-10(3-5-13(25)14(15)19)16(20)24-17(21)26-7-6-23/h2-5,8,20-23H,6-7,25H2,1H3. The fourth-order valence-electron chi connectivity index (χ4n) is 2.08. The number of ether oxygens (including phenoxy) is 1. The summed E-state index contributed by atoms with van der Waals surface area (Å²) < 4.78 is 33.8. The minimum atomic E-state index is -0.671. The van der Waals surface area contributed by atoms with E-state index >= 15 is 0 Å². The second-order valence-electron chi connectivity index (χ2n) is 5.29. The van der Waals surface area contributed by atoms with Crippen molar-refractivity contribution in [2.45, 2.75) is 6.92 Å². The highest BCUT2D eigenvalue weighted by Crippen LogP contribution is 2.27. The largest absolute Gasteiger partial charge is 0.415 e. The molecule has 2 aromatic rings. The average Bonchev–Trinajstić information content (AvgIpc) is 2.59. The number of hydrogen-bond donors (Lipinski definition) is 4. The first kappa shape index (κ1) is 20.3. The van der Waals surface area contributed by atoms with Gasteiger partial charge in [-0.25, -0.2) is 8.78 Å². The van der Waals surface area contributed by atoms with Crippen LogP contribution in [0.1, 0.15) is 11.1 Å². The van der Waals surface area contributed by atoms with Crippen LogP contribution in [0.2, 0.25) is 0 Å². The average molecular weight is 397 g/mol. The zero-order valence-electron chi connectivity index (χ0n) is 13.9. The van der Waals surface area contributed by atoms with Crippen LogP contribution in [0, 0.1) is 29.4 Å². The lowest BCUT2D eigenvalue weighted by Gasteiger charge is -2.16. The molecule has 0 saturated heterocycles. The SMILES string of the molecule is Cc1ccc(Nc2c(C(=N)OC(=N)SCCO)ccc(P)c2F)c(F)c1. The first-order valence-electron chi connectivity index (χ1n) is 7.53. The predicted octanol–water partition coefficient (Wildman–Crippen LogP) is 3.52. The maximum Gasteiger partial charge on any atom is 0.250 e. The lowest BCUT2D eigenvalue weighted by atomic mass is 10.1. The molecule has 0 aliphatic rings. The van der Waals surface area contributed by atoms with Crippen LogP contribution in [0.15, 0.2) is 30.3 Å². The zero-order chi connectivity index (χ0) is 19.3. The molecule has 1 atom stereocenters. The van der Waals surface area contributed by atoms with Gasteiger partial charge in [0, 0.05) is 11.1 Å². The van der Waals surface area contributed by atoms with E-state index in [2.05, 4.69) is 14.6 Å². The third kappa shape index (κ3) is 5.00. The van der Waals surface area contributed by atoms with Crippen molar-refractivity contribution >= 4 is 48.8 Å². The van der Waals surface area contributed by atoms with Gasteiger partial charge in [0.15, 0.2) is 5.82 Å². The molecule has 2 rings (SSSR count). The molecule has 2 aromatic carbocycles. The lowest BCUT2D eigenvalue weighted by molar-refractivity contribution is 0.322. The van der Waals surface area contributed by atoms with Crippen molar-refractivity contribution in [3.8, 4) is 0 Å². The van der Waals surface area contributed by atoms with E-state index in [9.17, 15) is 8.78 Å². The Morgan fingerprint density at radius 1 is 1.27 bits per heavy atom. The topological polar surface area (TPSA) is 89.2 Å². The molecule has 0 heterocycles. The van der Waals surface area contributed by atoms with Crippen LogP contribution in [0.4, 0.5) is 20.2 Å². The van der Waals surface area contributed by atoms with Crippen molar-refractivity contribution in [3.05, 3.63) is 53.1 Å². The summed E-state index contributed by atoms with van der Waals surface area (Å²) in [5.41, 5.74) is 0.705. The van der Waals surface area contributed by atoms with E-state index in [1.54, 1.807) is 13.0 Å². The molecule has 1 unspecified atom stereocenters. The second kappa shape index (κ2) is 9.07. The first-order valence-corrected chi connectivity index (χ1v) is 9.10. The van der Waals surface area contributed by atoms with Crippen LogP contribution in [0.25, 0.3) is 0 Å². The molecule has 0 amide bonds. The number of halogens is 2. The number of aliphatic hydroxyl groups is 1. The molecule has 0 aromatic heterocycles. The third-order valence-electron chi connectivity index (χ3n) is 3.32. The summed E-state index contributed by atoms with van der Waals surface area (Å²) in [7, 11) is 2.23. The summed E-state index contributed by atoms with van der Waals surface area (Å²) in [5, 5.41) is 27.0. The molecule has 0 bridgehead atoms. The summed E-state index contributed by atoms with van der Waals surface area (Å²) in [6.45, 7) is 1.60. The van der Waals surface area contributed by atoms with Crippen LogP contribution in [-0.2, 0) is 4.74 Å². The van der Waals surface area contributed by atoms with Gasteiger partial charge in [-0.2, -0.15) is 0 Å². The van der Waals surface area contributed by atoms with Crippen LogP contribution < -0.4 is 10.6 Å². The minimum Gasteiger partial charge on any atom is -0.415 e. The summed E-state index contributed by atoms with van der Waals surface area (Å²) in [5.74, 6) is -1.44. The molecule has 0 aliphatic heterocycles. The Kier molecular flexibility index (Phi) is 7.08. The number of hydrogen-bond acceptors (Lipinski definition) is 6. The summed E-state index contributed by atoms with van der Waals surface area (Å²) >= 11 is 0.913. The number of aryl methyl sites for hydroxylation is 1. The fourth-order valence-corrected chi connectivity index (χ4v) is 2.73. The molecule has 0 saturated carbocycles. The lowest BCUT2D eigenvalue weighted by Crippen LogP contribution is -2.16. The molecule has 26 heavy (non-hydrogen) atoms. The van der Waals surface area contributed by atoms with Gasteiger partial charge < -0.3 is 15.2 Å². The smallest absolute Gasteiger partial charge is 0.250 e. The van der Waals surface area contributed by atoms with E-state index in [4.69, 9.17) is 20.7 Å². The first-order chi connectivity index (χ1) is 12.3. The Morgan fingerprint density at radius 2 is 2.00 bits per heavy atom. The van der Waals surface area contributed by atoms with Gasteiger partial charge >= 0.3 is 0 Å². The number of nitrogens with one attached hydrogen (secondary N) is 3. The normalized spacial score (nSPS) is 10.5. The van der Waals surface area contributed by atoms with Crippen molar-refractivity contribution in [1.29, 1.82) is 10.8 Å². The molecule has 4 N–H and O–H groups in total. The Morgan fingerprint density at radius 3 is 2.65 bits per heavy atom. The van der Waals surface area contributed by atoms with Crippen LogP contribution >= 0.6 is 21.0 Å². The van der Waals surface area contributed by atoms with Gasteiger partial charge in [0.25, 0.3) is 0 Å².